The lowest BCUT2D eigenvalue weighted by atomic mass is 10.1. The summed E-state index contributed by atoms with van der Waals surface area (Å²) in [7, 11) is 0. The van der Waals surface area contributed by atoms with Gasteiger partial charge in [0, 0.05) is 12.1 Å². The first-order valence-corrected chi connectivity index (χ1v) is 8.62. The minimum atomic E-state index is -0.418. The van der Waals surface area contributed by atoms with E-state index in [1.54, 1.807) is 18.2 Å². The zero-order valence-corrected chi connectivity index (χ0v) is 14.7. The Hall–Kier alpha value is -3.81. The maximum atomic E-state index is 13.2. The zero-order chi connectivity index (χ0) is 19.5. The van der Waals surface area contributed by atoms with Gasteiger partial charge in [0.1, 0.15) is 24.2 Å². The van der Waals surface area contributed by atoms with E-state index in [-0.39, 0.29) is 18.9 Å². The second-order valence-electron chi connectivity index (χ2n) is 6.23. The number of rotatable bonds is 5. The molecule has 0 atom stereocenters. The van der Waals surface area contributed by atoms with E-state index in [0.717, 1.165) is 10.2 Å². The van der Waals surface area contributed by atoms with Gasteiger partial charge in [-0.2, -0.15) is 10.2 Å². The molecule has 0 saturated carbocycles. The van der Waals surface area contributed by atoms with Crippen LogP contribution in [0.1, 0.15) is 5.56 Å². The van der Waals surface area contributed by atoms with E-state index in [1.807, 2.05) is 30.3 Å². The molecule has 2 heterocycles. The Labute approximate surface area is 159 Å². The van der Waals surface area contributed by atoms with Crippen molar-refractivity contribution < 1.29 is 9.18 Å². The lowest BCUT2D eigenvalue weighted by Gasteiger charge is -2.07. The molecule has 0 fully saturated rings. The Balaban J connectivity index is 1.51. The third-order valence-corrected chi connectivity index (χ3v) is 4.23. The average molecular weight is 377 g/mol. The smallest absolute Gasteiger partial charge is 0.293 e. The lowest BCUT2D eigenvalue weighted by molar-refractivity contribution is -0.122. The van der Waals surface area contributed by atoms with Gasteiger partial charge in [-0.1, -0.05) is 42.5 Å². The molecule has 0 aliphatic carbocycles. The minimum absolute atomic E-state index is 0.165. The molecule has 0 aliphatic heterocycles. The lowest BCUT2D eigenvalue weighted by Crippen LogP contribution is -2.34. The number of benzene rings is 2. The van der Waals surface area contributed by atoms with Crippen molar-refractivity contribution in [3.63, 3.8) is 0 Å². The molecule has 1 amide bonds. The summed E-state index contributed by atoms with van der Waals surface area (Å²) in [6, 6.07) is 17.1. The van der Waals surface area contributed by atoms with E-state index in [0.29, 0.717) is 16.8 Å². The molecular weight excluding hydrogens is 361 g/mol. The number of carbonyl (C=O) groups is 1. The average Bonchev–Trinajstić information content (AvgIpc) is 3.15. The van der Waals surface area contributed by atoms with Gasteiger partial charge < -0.3 is 5.32 Å². The highest BCUT2D eigenvalue weighted by atomic mass is 19.1. The van der Waals surface area contributed by atoms with E-state index in [1.165, 1.54) is 23.0 Å². The fraction of sp³-hybridized carbons (Fsp3) is 0.100. The fourth-order valence-corrected chi connectivity index (χ4v) is 2.84. The normalized spacial score (nSPS) is 10.9. The van der Waals surface area contributed by atoms with E-state index in [4.69, 9.17) is 0 Å². The maximum absolute atomic E-state index is 13.2. The molecule has 0 spiro atoms. The van der Waals surface area contributed by atoms with Gasteiger partial charge in [0.15, 0.2) is 0 Å². The SMILES string of the molecule is O=C(Cn1ncn2nc(-c3ccccc3)cc2c1=O)NCc1cccc(F)c1. The van der Waals surface area contributed by atoms with Crippen molar-refractivity contribution in [3.8, 4) is 11.3 Å². The van der Waals surface area contributed by atoms with Gasteiger partial charge in [-0.05, 0) is 23.8 Å². The van der Waals surface area contributed by atoms with Gasteiger partial charge in [-0.3, -0.25) is 9.59 Å². The van der Waals surface area contributed by atoms with Crippen LogP contribution < -0.4 is 10.9 Å². The van der Waals surface area contributed by atoms with Crippen LogP contribution in [0.2, 0.25) is 0 Å². The molecule has 28 heavy (non-hydrogen) atoms. The number of nitrogens with one attached hydrogen (secondary N) is 1. The molecule has 0 radical (unpaired) electrons. The number of nitrogens with zero attached hydrogens (tertiary/aromatic N) is 4. The summed E-state index contributed by atoms with van der Waals surface area (Å²) in [6.07, 6.45) is 1.39. The Kier molecular flexibility index (Phi) is 4.67. The topological polar surface area (TPSA) is 81.3 Å². The van der Waals surface area contributed by atoms with Crippen LogP contribution >= 0.6 is 0 Å². The largest absolute Gasteiger partial charge is 0.350 e. The van der Waals surface area contributed by atoms with E-state index in [9.17, 15) is 14.0 Å². The molecule has 2 aromatic heterocycles. The van der Waals surface area contributed by atoms with E-state index < -0.39 is 11.5 Å². The van der Waals surface area contributed by atoms with Crippen molar-refractivity contribution in [1.29, 1.82) is 0 Å². The van der Waals surface area contributed by atoms with Gasteiger partial charge in [0.2, 0.25) is 5.91 Å². The van der Waals surface area contributed by atoms with Crippen LogP contribution in [0.4, 0.5) is 4.39 Å². The second-order valence-corrected chi connectivity index (χ2v) is 6.23. The van der Waals surface area contributed by atoms with Gasteiger partial charge >= 0.3 is 0 Å². The summed E-state index contributed by atoms with van der Waals surface area (Å²) >= 11 is 0. The Morgan fingerprint density at radius 2 is 1.89 bits per heavy atom. The number of carbonyl (C=O) groups excluding carboxylic acids is 1. The first kappa shape index (κ1) is 17.6. The highest BCUT2D eigenvalue weighted by Crippen LogP contribution is 2.17. The third kappa shape index (κ3) is 3.66. The first-order valence-electron chi connectivity index (χ1n) is 8.62. The maximum Gasteiger partial charge on any atom is 0.293 e. The van der Waals surface area contributed by atoms with Gasteiger partial charge in [0.05, 0.1) is 5.69 Å². The van der Waals surface area contributed by atoms with Gasteiger partial charge in [-0.25, -0.2) is 13.6 Å². The van der Waals surface area contributed by atoms with Gasteiger partial charge in [0.25, 0.3) is 5.56 Å². The van der Waals surface area contributed by atoms with Gasteiger partial charge in [-0.15, -0.1) is 0 Å². The van der Waals surface area contributed by atoms with Crippen LogP contribution in [-0.2, 0) is 17.9 Å². The number of amides is 1. The van der Waals surface area contributed by atoms with Crippen molar-refractivity contribution >= 4 is 11.4 Å². The predicted molar refractivity (Wildman–Crippen MR) is 101 cm³/mol. The van der Waals surface area contributed by atoms with E-state index >= 15 is 0 Å². The number of aromatic nitrogens is 4. The molecule has 4 rings (SSSR count). The molecule has 0 unspecified atom stereocenters. The number of hydrogen-bond donors (Lipinski definition) is 1. The molecule has 7 nitrogen and oxygen atoms in total. The van der Waals surface area contributed by atoms with Crippen LogP contribution in [0.5, 0.6) is 0 Å². The first-order chi connectivity index (χ1) is 13.6. The van der Waals surface area contributed by atoms with Crippen molar-refractivity contribution in [1.82, 2.24) is 24.7 Å². The standard InChI is InChI=1S/C20H16FN5O2/c21-16-8-4-5-14(9-16)11-22-19(27)12-25-20(28)18-10-17(24-26(18)13-23-25)15-6-2-1-3-7-15/h1-10,13H,11-12H2,(H,22,27). The second kappa shape index (κ2) is 7.43. The predicted octanol–water partition coefficient (Wildman–Crippen LogP) is 2.01. The van der Waals surface area contributed by atoms with Crippen molar-refractivity contribution in [3.05, 3.63) is 88.7 Å². The minimum Gasteiger partial charge on any atom is -0.350 e. The molecule has 1 N–H and O–H groups in total. The molecular formula is C20H16FN5O2. The highest BCUT2D eigenvalue weighted by Gasteiger charge is 2.12. The Bertz CT molecular complexity index is 1200. The summed E-state index contributed by atoms with van der Waals surface area (Å²) in [6.45, 7) is -0.0745. The molecule has 0 aliphatic rings. The number of halogens is 1. The zero-order valence-electron chi connectivity index (χ0n) is 14.7. The Morgan fingerprint density at radius 3 is 2.68 bits per heavy atom. The third-order valence-electron chi connectivity index (χ3n) is 4.23. The summed E-state index contributed by atoms with van der Waals surface area (Å²) in [5, 5.41) is 11.0. The highest BCUT2D eigenvalue weighted by molar-refractivity contribution is 5.75. The van der Waals surface area contributed by atoms with Crippen LogP contribution in [0.3, 0.4) is 0 Å². The fourth-order valence-electron chi connectivity index (χ4n) is 2.84. The summed E-state index contributed by atoms with van der Waals surface area (Å²) in [4.78, 5) is 24.8. The molecule has 0 bridgehead atoms. The van der Waals surface area contributed by atoms with Crippen LogP contribution in [0, 0.1) is 5.82 Å². The molecule has 0 saturated heterocycles. The Morgan fingerprint density at radius 1 is 1.07 bits per heavy atom. The van der Waals surface area contributed by atoms with Crippen molar-refractivity contribution in [2.24, 2.45) is 0 Å². The molecule has 2 aromatic carbocycles. The molecule has 140 valence electrons. The van der Waals surface area contributed by atoms with Crippen LogP contribution in [0.15, 0.2) is 71.8 Å². The van der Waals surface area contributed by atoms with Crippen molar-refractivity contribution in [2.45, 2.75) is 13.1 Å². The number of hydrogen-bond acceptors (Lipinski definition) is 4. The molecule has 4 aromatic rings. The van der Waals surface area contributed by atoms with Crippen LogP contribution in [-0.4, -0.2) is 25.3 Å². The summed E-state index contributed by atoms with van der Waals surface area (Å²) < 4.78 is 15.7. The quantitative estimate of drug-likeness (QED) is 0.577. The monoisotopic (exact) mass is 377 g/mol. The van der Waals surface area contributed by atoms with Crippen molar-refractivity contribution in [2.75, 3.05) is 0 Å². The summed E-state index contributed by atoms with van der Waals surface area (Å²) in [5.74, 6) is -0.768. The summed E-state index contributed by atoms with van der Waals surface area (Å²) in [5.41, 5.74) is 2.06. The number of fused-ring (bicyclic) bond motifs is 1. The van der Waals surface area contributed by atoms with Crippen LogP contribution in [0.25, 0.3) is 16.8 Å². The molecule has 8 heteroatoms. The van der Waals surface area contributed by atoms with E-state index in [2.05, 4.69) is 15.5 Å².